The monoisotopic (exact) mass is 249 g/mol. The quantitative estimate of drug-likeness (QED) is 0.622. The standard InChI is InChI=1S/C9H7N5O4/c1-5-7(8(15)16)3-10-9(12-5)13-4-6(2-11-13)14(17)18/h2-4H,1H3,(H,15,16). The summed E-state index contributed by atoms with van der Waals surface area (Å²) in [5.41, 5.74) is 0.0321. The Morgan fingerprint density at radius 2 is 2.22 bits per heavy atom. The molecule has 92 valence electrons. The van der Waals surface area contributed by atoms with Crippen LogP contribution >= 0.6 is 0 Å². The highest BCUT2D eigenvalue weighted by molar-refractivity contribution is 5.88. The maximum atomic E-state index is 10.8. The van der Waals surface area contributed by atoms with E-state index in [1.165, 1.54) is 6.92 Å². The van der Waals surface area contributed by atoms with Crippen LogP contribution in [0.3, 0.4) is 0 Å². The first-order chi connectivity index (χ1) is 8.49. The lowest BCUT2D eigenvalue weighted by Crippen LogP contribution is -2.08. The molecule has 0 saturated carbocycles. The Morgan fingerprint density at radius 1 is 1.50 bits per heavy atom. The van der Waals surface area contributed by atoms with E-state index in [1.54, 1.807) is 0 Å². The van der Waals surface area contributed by atoms with Crippen molar-refractivity contribution in [3.05, 3.63) is 40.0 Å². The van der Waals surface area contributed by atoms with Gasteiger partial charge in [-0.05, 0) is 6.92 Å². The number of aromatic carboxylic acids is 1. The zero-order valence-electron chi connectivity index (χ0n) is 9.14. The SMILES string of the molecule is Cc1nc(-n2cc([N+](=O)[O-])cn2)ncc1C(=O)O. The van der Waals surface area contributed by atoms with Gasteiger partial charge in [0.05, 0.1) is 16.2 Å². The fourth-order valence-electron chi connectivity index (χ4n) is 1.29. The smallest absolute Gasteiger partial charge is 0.339 e. The van der Waals surface area contributed by atoms with Crippen molar-refractivity contribution < 1.29 is 14.8 Å². The highest BCUT2D eigenvalue weighted by Crippen LogP contribution is 2.12. The molecule has 0 aliphatic rings. The van der Waals surface area contributed by atoms with Gasteiger partial charge in [0.2, 0.25) is 0 Å². The molecular weight excluding hydrogens is 242 g/mol. The van der Waals surface area contributed by atoms with Crippen LogP contribution in [0.1, 0.15) is 16.1 Å². The van der Waals surface area contributed by atoms with Crippen molar-refractivity contribution in [3.63, 3.8) is 0 Å². The van der Waals surface area contributed by atoms with Crippen LogP contribution in [0.25, 0.3) is 5.95 Å². The van der Waals surface area contributed by atoms with Crippen molar-refractivity contribution in [1.29, 1.82) is 0 Å². The van der Waals surface area contributed by atoms with E-state index in [9.17, 15) is 14.9 Å². The maximum absolute atomic E-state index is 10.8. The maximum Gasteiger partial charge on any atom is 0.339 e. The molecule has 0 fully saturated rings. The van der Waals surface area contributed by atoms with Gasteiger partial charge in [0, 0.05) is 6.20 Å². The molecule has 2 aromatic heterocycles. The molecule has 9 nitrogen and oxygen atoms in total. The molecule has 9 heteroatoms. The summed E-state index contributed by atoms with van der Waals surface area (Å²) in [5, 5.41) is 23.0. The summed E-state index contributed by atoms with van der Waals surface area (Å²) < 4.78 is 1.11. The van der Waals surface area contributed by atoms with Gasteiger partial charge in [-0.25, -0.2) is 14.8 Å². The van der Waals surface area contributed by atoms with Crippen LogP contribution in [0.5, 0.6) is 0 Å². The topological polar surface area (TPSA) is 124 Å². The minimum atomic E-state index is -1.13. The van der Waals surface area contributed by atoms with Crippen molar-refractivity contribution in [3.8, 4) is 5.95 Å². The Kier molecular flexibility index (Phi) is 2.72. The molecule has 18 heavy (non-hydrogen) atoms. The Labute approximate surface area is 99.9 Å². The van der Waals surface area contributed by atoms with Crippen LogP contribution in [0.2, 0.25) is 0 Å². The van der Waals surface area contributed by atoms with Gasteiger partial charge < -0.3 is 5.11 Å². The molecule has 2 rings (SSSR count). The van der Waals surface area contributed by atoms with Crippen LogP contribution in [-0.2, 0) is 0 Å². The highest BCUT2D eigenvalue weighted by atomic mass is 16.6. The number of carboxylic acids is 1. The van der Waals surface area contributed by atoms with Gasteiger partial charge in [-0.15, -0.1) is 0 Å². The average molecular weight is 249 g/mol. The Bertz CT molecular complexity index is 636. The fraction of sp³-hybridized carbons (Fsp3) is 0.111. The summed E-state index contributed by atoms with van der Waals surface area (Å²) in [4.78, 5) is 28.4. The Morgan fingerprint density at radius 3 is 2.72 bits per heavy atom. The number of nitro groups is 1. The van der Waals surface area contributed by atoms with E-state index < -0.39 is 10.9 Å². The lowest BCUT2D eigenvalue weighted by atomic mass is 10.2. The van der Waals surface area contributed by atoms with Crippen molar-refractivity contribution in [2.75, 3.05) is 0 Å². The molecule has 0 radical (unpaired) electrons. The fourth-order valence-corrected chi connectivity index (χ4v) is 1.29. The van der Waals surface area contributed by atoms with Crippen molar-refractivity contribution in [2.45, 2.75) is 6.92 Å². The Hall–Kier alpha value is -2.84. The largest absolute Gasteiger partial charge is 0.478 e. The van der Waals surface area contributed by atoms with Gasteiger partial charge in [0.1, 0.15) is 12.4 Å². The van der Waals surface area contributed by atoms with Gasteiger partial charge in [-0.1, -0.05) is 0 Å². The molecule has 0 aliphatic carbocycles. The molecular formula is C9H7N5O4. The third kappa shape index (κ3) is 2.00. The first kappa shape index (κ1) is 11.6. The number of hydrogen-bond acceptors (Lipinski definition) is 6. The molecule has 1 N–H and O–H groups in total. The molecule has 0 amide bonds. The lowest BCUT2D eigenvalue weighted by Gasteiger charge is -2.02. The van der Waals surface area contributed by atoms with Crippen LogP contribution in [0.15, 0.2) is 18.6 Å². The third-order valence-corrected chi connectivity index (χ3v) is 2.18. The zero-order valence-corrected chi connectivity index (χ0v) is 9.14. The second-order valence-corrected chi connectivity index (χ2v) is 3.37. The number of carbonyl (C=O) groups is 1. The van der Waals surface area contributed by atoms with Crippen LogP contribution in [0.4, 0.5) is 5.69 Å². The van der Waals surface area contributed by atoms with Crippen molar-refractivity contribution in [2.24, 2.45) is 0 Å². The number of aryl methyl sites for hydroxylation is 1. The minimum Gasteiger partial charge on any atom is -0.478 e. The summed E-state index contributed by atoms with van der Waals surface area (Å²) in [6.45, 7) is 1.51. The van der Waals surface area contributed by atoms with Gasteiger partial charge in [-0.2, -0.15) is 9.78 Å². The summed E-state index contributed by atoms with van der Waals surface area (Å²) in [6.07, 6.45) is 3.34. The molecule has 2 heterocycles. The summed E-state index contributed by atoms with van der Waals surface area (Å²) in [7, 11) is 0. The minimum absolute atomic E-state index is 0.0274. The number of nitrogens with zero attached hydrogens (tertiary/aromatic N) is 5. The molecule has 2 aromatic rings. The predicted octanol–water partition coefficient (Wildman–Crippen LogP) is 0.577. The normalized spacial score (nSPS) is 10.3. The van der Waals surface area contributed by atoms with E-state index in [0.717, 1.165) is 23.3 Å². The molecule has 0 unspecified atom stereocenters. The van der Waals surface area contributed by atoms with Crippen LogP contribution < -0.4 is 0 Å². The summed E-state index contributed by atoms with van der Waals surface area (Å²) >= 11 is 0. The van der Waals surface area contributed by atoms with E-state index in [1.807, 2.05) is 0 Å². The molecule has 0 aromatic carbocycles. The van der Waals surface area contributed by atoms with E-state index in [2.05, 4.69) is 15.1 Å². The lowest BCUT2D eigenvalue weighted by molar-refractivity contribution is -0.384. The molecule has 0 bridgehead atoms. The number of hydrogen-bond donors (Lipinski definition) is 1. The number of carboxylic acid groups (broad SMARTS) is 1. The van der Waals surface area contributed by atoms with E-state index in [4.69, 9.17) is 5.11 Å². The molecule has 0 saturated heterocycles. The first-order valence-corrected chi connectivity index (χ1v) is 4.75. The van der Waals surface area contributed by atoms with Gasteiger partial charge in [0.15, 0.2) is 0 Å². The molecule has 0 atom stereocenters. The highest BCUT2D eigenvalue weighted by Gasteiger charge is 2.14. The zero-order chi connectivity index (χ0) is 13.3. The number of aromatic nitrogens is 4. The second kappa shape index (κ2) is 4.20. The van der Waals surface area contributed by atoms with Gasteiger partial charge >= 0.3 is 11.7 Å². The molecule has 0 spiro atoms. The van der Waals surface area contributed by atoms with Gasteiger partial charge in [0.25, 0.3) is 5.95 Å². The number of rotatable bonds is 3. The first-order valence-electron chi connectivity index (χ1n) is 4.75. The Balaban J connectivity index is 2.42. The van der Waals surface area contributed by atoms with Crippen molar-refractivity contribution >= 4 is 11.7 Å². The predicted molar refractivity (Wildman–Crippen MR) is 57.5 cm³/mol. The summed E-state index contributed by atoms with van der Waals surface area (Å²) in [5.74, 6) is -1.06. The van der Waals surface area contributed by atoms with Crippen LogP contribution in [-0.4, -0.2) is 35.7 Å². The third-order valence-electron chi connectivity index (χ3n) is 2.18. The summed E-state index contributed by atoms with van der Waals surface area (Å²) in [6, 6.07) is 0. The van der Waals surface area contributed by atoms with E-state index in [0.29, 0.717) is 0 Å². The van der Waals surface area contributed by atoms with Crippen LogP contribution in [0, 0.1) is 17.0 Å². The average Bonchev–Trinajstić information content (AvgIpc) is 2.77. The van der Waals surface area contributed by atoms with Crippen molar-refractivity contribution in [1.82, 2.24) is 19.7 Å². The second-order valence-electron chi connectivity index (χ2n) is 3.37. The molecule has 0 aliphatic heterocycles. The van der Waals surface area contributed by atoms with Gasteiger partial charge in [-0.3, -0.25) is 10.1 Å². The van der Waals surface area contributed by atoms with E-state index >= 15 is 0 Å². The van der Waals surface area contributed by atoms with E-state index in [-0.39, 0.29) is 22.9 Å².